The van der Waals surface area contributed by atoms with E-state index < -0.39 is 23.5 Å². The van der Waals surface area contributed by atoms with Crippen LogP contribution in [0.1, 0.15) is 6.17 Å². The van der Waals surface area contributed by atoms with Crippen LogP contribution in [0.2, 0.25) is 0 Å². The number of likely N-dealkylation sites (tertiary alicyclic amines) is 1. The highest BCUT2D eigenvalue weighted by atomic mass is 16.6. The van der Waals surface area contributed by atoms with Crippen LogP contribution in [0.25, 0.3) is 0 Å². The molecule has 0 aromatic carbocycles. The molecule has 1 N–H and O–H groups in total. The molecule has 1 amide bonds. The largest absolute Gasteiger partial charge is 0.453 e. The lowest BCUT2D eigenvalue weighted by Gasteiger charge is -2.26. The number of fused-ring (bicyclic) bond motifs is 1. The summed E-state index contributed by atoms with van der Waals surface area (Å²) in [6.45, 7) is 0.383. The number of H-pyrrole nitrogens is 1. The fraction of sp³-hybridized carbons (Fsp3) is 0.500. The van der Waals surface area contributed by atoms with Crippen molar-refractivity contribution in [1.29, 1.82) is 0 Å². The number of methoxy groups -OCH3 is 1. The first kappa shape index (κ1) is 11.0. The van der Waals surface area contributed by atoms with Crippen molar-refractivity contribution in [3.8, 4) is 0 Å². The van der Waals surface area contributed by atoms with Crippen LogP contribution in [0.15, 0.2) is 21.9 Å². The van der Waals surface area contributed by atoms with E-state index in [2.05, 4.69) is 9.72 Å². The van der Waals surface area contributed by atoms with E-state index in [4.69, 9.17) is 4.74 Å². The standard InChI is InChI=1S/C10H11N3O5/c1-17-10(16)13-4-5-7(18-5)8(13)12-3-2-6(14)11-9(12)15/h2-3,5,7-8H,4H2,1H3,(H,11,14,15)/t5-,7-,8+/m0/s1. The Kier molecular flexibility index (Phi) is 2.27. The number of aromatic nitrogens is 2. The monoisotopic (exact) mass is 253 g/mol. The molecule has 0 saturated carbocycles. The molecule has 1 aromatic rings. The number of ether oxygens (including phenoxy) is 2. The predicted molar refractivity (Wildman–Crippen MR) is 58.1 cm³/mol. The van der Waals surface area contributed by atoms with Crippen LogP contribution in [0.4, 0.5) is 4.79 Å². The molecule has 8 nitrogen and oxygen atoms in total. The number of rotatable bonds is 1. The van der Waals surface area contributed by atoms with Gasteiger partial charge in [-0.15, -0.1) is 0 Å². The molecule has 2 saturated heterocycles. The van der Waals surface area contributed by atoms with Crippen LogP contribution >= 0.6 is 0 Å². The summed E-state index contributed by atoms with van der Waals surface area (Å²) >= 11 is 0. The van der Waals surface area contributed by atoms with Crippen molar-refractivity contribution in [3.63, 3.8) is 0 Å². The third kappa shape index (κ3) is 1.53. The van der Waals surface area contributed by atoms with Crippen LogP contribution in [-0.4, -0.2) is 46.4 Å². The Morgan fingerprint density at radius 3 is 3.00 bits per heavy atom. The zero-order valence-corrected chi connectivity index (χ0v) is 9.53. The average Bonchev–Trinajstić information content (AvgIpc) is 3.01. The Bertz CT molecular complexity index is 606. The highest BCUT2D eigenvalue weighted by molar-refractivity contribution is 5.68. The zero-order chi connectivity index (χ0) is 12.9. The summed E-state index contributed by atoms with van der Waals surface area (Å²) in [4.78, 5) is 37.9. The molecule has 2 aliphatic heterocycles. The van der Waals surface area contributed by atoms with Crippen LogP contribution in [0.5, 0.6) is 0 Å². The van der Waals surface area contributed by atoms with E-state index in [9.17, 15) is 14.4 Å². The average molecular weight is 253 g/mol. The number of nitrogens with zero attached hydrogens (tertiary/aromatic N) is 2. The number of carbonyl (C=O) groups excluding carboxylic acids is 1. The van der Waals surface area contributed by atoms with Gasteiger partial charge in [0.25, 0.3) is 5.56 Å². The van der Waals surface area contributed by atoms with Gasteiger partial charge in [-0.3, -0.25) is 19.2 Å². The smallest absolute Gasteiger partial charge is 0.411 e. The molecule has 8 heteroatoms. The maximum Gasteiger partial charge on any atom is 0.411 e. The summed E-state index contributed by atoms with van der Waals surface area (Å²) in [7, 11) is 1.28. The second-order valence-electron chi connectivity index (χ2n) is 4.19. The highest BCUT2D eigenvalue weighted by Gasteiger charge is 2.57. The van der Waals surface area contributed by atoms with Gasteiger partial charge in [-0.25, -0.2) is 9.59 Å². The van der Waals surface area contributed by atoms with Gasteiger partial charge in [0.15, 0.2) is 0 Å². The van der Waals surface area contributed by atoms with Gasteiger partial charge < -0.3 is 9.47 Å². The van der Waals surface area contributed by atoms with Gasteiger partial charge in [-0.05, 0) is 0 Å². The van der Waals surface area contributed by atoms with Crippen LogP contribution < -0.4 is 11.2 Å². The van der Waals surface area contributed by atoms with Crippen molar-refractivity contribution in [2.45, 2.75) is 18.4 Å². The number of nitrogens with one attached hydrogen (secondary N) is 1. The molecular formula is C10H11N3O5. The number of aromatic amines is 1. The Balaban J connectivity index is 2.01. The lowest BCUT2D eigenvalue weighted by atomic mass is 10.3. The van der Waals surface area contributed by atoms with Crippen molar-refractivity contribution in [3.05, 3.63) is 33.1 Å². The number of hydrogen-bond donors (Lipinski definition) is 1. The van der Waals surface area contributed by atoms with Gasteiger partial charge in [-0.1, -0.05) is 0 Å². The molecule has 2 fully saturated rings. The first-order valence-electron chi connectivity index (χ1n) is 5.43. The van der Waals surface area contributed by atoms with Crippen molar-refractivity contribution in [2.75, 3.05) is 13.7 Å². The quantitative estimate of drug-likeness (QED) is 0.640. The second kappa shape index (κ2) is 3.70. The van der Waals surface area contributed by atoms with Gasteiger partial charge in [0.2, 0.25) is 0 Å². The fourth-order valence-electron chi connectivity index (χ4n) is 2.29. The molecule has 3 heterocycles. The third-order valence-corrected chi connectivity index (χ3v) is 3.16. The van der Waals surface area contributed by atoms with Crippen molar-refractivity contribution in [2.24, 2.45) is 0 Å². The van der Waals surface area contributed by atoms with E-state index in [1.54, 1.807) is 0 Å². The van der Waals surface area contributed by atoms with Gasteiger partial charge in [0, 0.05) is 12.3 Å². The molecule has 0 spiro atoms. The molecule has 3 rings (SSSR count). The van der Waals surface area contributed by atoms with E-state index in [-0.39, 0.29) is 12.2 Å². The van der Waals surface area contributed by atoms with E-state index in [0.29, 0.717) is 6.54 Å². The van der Waals surface area contributed by atoms with E-state index in [1.165, 1.54) is 28.8 Å². The van der Waals surface area contributed by atoms with Gasteiger partial charge in [0.05, 0.1) is 13.7 Å². The summed E-state index contributed by atoms with van der Waals surface area (Å²) < 4.78 is 11.3. The molecule has 1 aromatic heterocycles. The van der Waals surface area contributed by atoms with Gasteiger partial charge >= 0.3 is 11.8 Å². The molecule has 96 valence electrons. The minimum Gasteiger partial charge on any atom is -0.453 e. The highest BCUT2D eigenvalue weighted by Crippen LogP contribution is 2.42. The van der Waals surface area contributed by atoms with Gasteiger partial charge in [-0.2, -0.15) is 0 Å². The number of carbonyl (C=O) groups is 1. The first-order valence-corrected chi connectivity index (χ1v) is 5.43. The number of hydrogen-bond acceptors (Lipinski definition) is 5. The summed E-state index contributed by atoms with van der Waals surface area (Å²) in [5, 5.41) is 0. The second-order valence-corrected chi connectivity index (χ2v) is 4.19. The molecule has 2 aliphatic rings. The minimum absolute atomic E-state index is 0.0621. The topological polar surface area (TPSA) is 96.9 Å². The lowest BCUT2D eigenvalue weighted by molar-refractivity contribution is 0.0668. The molecular weight excluding hydrogens is 242 g/mol. The molecule has 0 bridgehead atoms. The lowest BCUT2D eigenvalue weighted by Crippen LogP contribution is -2.43. The van der Waals surface area contributed by atoms with Crippen molar-refractivity contribution >= 4 is 6.09 Å². The maximum absolute atomic E-state index is 11.7. The van der Waals surface area contributed by atoms with Crippen LogP contribution in [-0.2, 0) is 9.47 Å². The van der Waals surface area contributed by atoms with Crippen molar-refractivity contribution in [1.82, 2.24) is 14.5 Å². The first-order chi connectivity index (χ1) is 8.61. The Morgan fingerprint density at radius 2 is 2.33 bits per heavy atom. The van der Waals surface area contributed by atoms with E-state index in [1.807, 2.05) is 0 Å². The van der Waals surface area contributed by atoms with Crippen LogP contribution in [0.3, 0.4) is 0 Å². The molecule has 0 aliphatic carbocycles. The Labute approximate surface area is 101 Å². The molecule has 18 heavy (non-hydrogen) atoms. The van der Waals surface area contributed by atoms with Gasteiger partial charge in [0.1, 0.15) is 18.4 Å². The number of amides is 1. The predicted octanol–water partition coefficient (Wildman–Crippen LogP) is -1.12. The maximum atomic E-state index is 11.7. The number of epoxide rings is 1. The fourth-order valence-corrected chi connectivity index (χ4v) is 2.29. The zero-order valence-electron chi connectivity index (χ0n) is 9.53. The van der Waals surface area contributed by atoms with Crippen LogP contribution in [0, 0.1) is 0 Å². The van der Waals surface area contributed by atoms with E-state index in [0.717, 1.165) is 0 Å². The summed E-state index contributed by atoms with van der Waals surface area (Å²) in [6.07, 6.45) is -0.00687. The Morgan fingerprint density at radius 1 is 1.56 bits per heavy atom. The summed E-state index contributed by atoms with van der Waals surface area (Å²) in [5.41, 5.74) is -1.05. The normalized spacial score (nSPS) is 28.9. The third-order valence-electron chi connectivity index (χ3n) is 3.16. The summed E-state index contributed by atoms with van der Waals surface area (Å²) in [5.74, 6) is 0. The Hall–Kier alpha value is -2.09. The number of morpholine rings is 1. The molecule has 0 unspecified atom stereocenters. The minimum atomic E-state index is -0.572. The summed E-state index contributed by atoms with van der Waals surface area (Å²) in [6, 6.07) is 1.23. The SMILES string of the molecule is COC(=O)N1C[C@@H]2O[C@@H]2[C@@H]1n1ccc(=O)[nH]c1=O. The molecule has 0 radical (unpaired) electrons. The molecule has 3 atom stereocenters. The van der Waals surface area contributed by atoms with E-state index >= 15 is 0 Å². The van der Waals surface area contributed by atoms with Crippen molar-refractivity contribution < 1.29 is 14.3 Å².